The number of rotatable bonds is 5. The van der Waals surface area contributed by atoms with Crippen molar-refractivity contribution in [2.24, 2.45) is 5.10 Å². The molecule has 2 amide bonds. The molecule has 2 N–H and O–H groups in total. The molecule has 3 aromatic rings. The zero-order valence-electron chi connectivity index (χ0n) is 16.0. The number of urea groups is 1. The molecular formula is C20H24N6O. The van der Waals surface area contributed by atoms with Crippen LogP contribution in [0.1, 0.15) is 36.8 Å². The number of amides is 2. The van der Waals surface area contributed by atoms with E-state index in [1.807, 2.05) is 61.0 Å². The van der Waals surface area contributed by atoms with Gasteiger partial charge in [-0.1, -0.05) is 18.2 Å². The summed E-state index contributed by atoms with van der Waals surface area (Å²) >= 11 is 0. The van der Waals surface area contributed by atoms with Crippen molar-refractivity contribution in [3.63, 3.8) is 0 Å². The predicted octanol–water partition coefficient (Wildman–Crippen LogP) is 4.03. The normalized spacial score (nSPS) is 11.3. The molecule has 27 heavy (non-hydrogen) atoms. The van der Waals surface area contributed by atoms with Crippen LogP contribution in [0.3, 0.4) is 0 Å². The van der Waals surface area contributed by atoms with Crippen molar-refractivity contribution in [3.05, 3.63) is 65.6 Å². The van der Waals surface area contributed by atoms with Crippen molar-refractivity contribution in [2.45, 2.75) is 33.7 Å². The molecule has 7 nitrogen and oxygen atoms in total. The van der Waals surface area contributed by atoms with E-state index in [2.05, 4.69) is 39.4 Å². The van der Waals surface area contributed by atoms with E-state index in [1.165, 1.54) is 0 Å². The first-order chi connectivity index (χ1) is 13.0. The molecule has 2 aromatic heterocycles. The average molecular weight is 364 g/mol. The lowest BCUT2D eigenvalue weighted by atomic mass is 10.3. The largest absolute Gasteiger partial charge is 0.339 e. The molecule has 2 heterocycles. The quantitative estimate of drug-likeness (QED) is 0.530. The van der Waals surface area contributed by atoms with Gasteiger partial charge in [-0.3, -0.25) is 0 Å². The van der Waals surface area contributed by atoms with E-state index in [1.54, 1.807) is 12.4 Å². The lowest BCUT2D eigenvalue weighted by Crippen LogP contribution is -2.24. The van der Waals surface area contributed by atoms with Gasteiger partial charge in [-0.05, 0) is 45.9 Å². The number of benzene rings is 1. The Morgan fingerprint density at radius 3 is 2.63 bits per heavy atom. The molecule has 0 fully saturated rings. The summed E-state index contributed by atoms with van der Waals surface area (Å²) < 4.78 is 4.12. The molecule has 0 spiro atoms. The van der Waals surface area contributed by atoms with Crippen molar-refractivity contribution in [1.82, 2.24) is 19.8 Å². The Balaban J connectivity index is 1.74. The van der Waals surface area contributed by atoms with Crippen LogP contribution in [0.4, 0.5) is 10.5 Å². The van der Waals surface area contributed by atoms with E-state index in [-0.39, 0.29) is 12.1 Å². The minimum atomic E-state index is -0.385. The molecule has 0 unspecified atom stereocenters. The fourth-order valence-electron chi connectivity index (χ4n) is 2.99. The fraction of sp³-hybridized carbons (Fsp3) is 0.250. The van der Waals surface area contributed by atoms with E-state index >= 15 is 0 Å². The highest BCUT2D eigenvalue weighted by molar-refractivity contribution is 5.90. The molecule has 0 aliphatic rings. The first-order valence-electron chi connectivity index (χ1n) is 8.85. The van der Waals surface area contributed by atoms with Crippen LogP contribution in [0, 0.1) is 13.8 Å². The number of nitrogens with one attached hydrogen (secondary N) is 2. The fourth-order valence-corrected chi connectivity index (χ4v) is 2.99. The maximum Gasteiger partial charge on any atom is 0.339 e. The van der Waals surface area contributed by atoms with Crippen LogP contribution in [-0.2, 0) is 0 Å². The van der Waals surface area contributed by atoms with Gasteiger partial charge in [-0.25, -0.2) is 14.9 Å². The SMILES string of the molecule is Cc1cc(/C=N\NC(=O)Nc2ccccc2)c(C)n1-c1ccnn1C(C)C. The highest BCUT2D eigenvalue weighted by atomic mass is 16.2. The van der Waals surface area contributed by atoms with E-state index < -0.39 is 0 Å². The highest BCUT2D eigenvalue weighted by Crippen LogP contribution is 2.21. The smallest absolute Gasteiger partial charge is 0.307 e. The Morgan fingerprint density at radius 1 is 1.19 bits per heavy atom. The van der Waals surface area contributed by atoms with Gasteiger partial charge in [-0.15, -0.1) is 0 Å². The molecular weight excluding hydrogens is 340 g/mol. The third-order valence-corrected chi connectivity index (χ3v) is 4.24. The lowest BCUT2D eigenvalue weighted by Gasteiger charge is -2.14. The van der Waals surface area contributed by atoms with E-state index in [0.717, 1.165) is 22.8 Å². The first-order valence-corrected chi connectivity index (χ1v) is 8.85. The molecule has 140 valence electrons. The number of anilines is 1. The topological polar surface area (TPSA) is 76.2 Å². The van der Waals surface area contributed by atoms with Gasteiger partial charge < -0.3 is 9.88 Å². The van der Waals surface area contributed by atoms with Gasteiger partial charge >= 0.3 is 6.03 Å². The standard InChI is InChI=1S/C20H24N6O/c1-14(2)26-19(10-11-22-26)25-15(3)12-17(16(25)4)13-21-24-20(27)23-18-8-6-5-7-9-18/h5-14H,1-4H3,(H2,23,24,27)/b21-13-. The highest BCUT2D eigenvalue weighted by Gasteiger charge is 2.14. The third kappa shape index (κ3) is 4.08. The second-order valence-electron chi connectivity index (χ2n) is 6.58. The Morgan fingerprint density at radius 2 is 1.93 bits per heavy atom. The molecule has 3 rings (SSSR count). The summed E-state index contributed by atoms with van der Waals surface area (Å²) in [6.07, 6.45) is 3.46. The number of hydrogen-bond acceptors (Lipinski definition) is 3. The molecule has 1 aromatic carbocycles. The zero-order valence-corrected chi connectivity index (χ0v) is 16.0. The van der Waals surface area contributed by atoms with Crippen molar-refractivity contribution in [3.8, 4) is 5.82 Å². The van der Waals surface area contributed by atoms with Crippen LogP contribution in [0.5, 0.6) is 0 Å². The summed E-state index contributed by atoms with van der Waals surface area (Å²) in [6, 6.07) is 13.1. The number of para-hydroxylation sites is 1. The molecule has 0 radical (unpaired) electrons. The summed E-state index contributed by atoms with van der Waals surface area (Å²) in [4.78, 5) is 11.9. The van der Waals surface area contributed by atoms with Gasteiger partial charge in [0, 0.05) is 34.7 Å². The van der Waals surface area contributed by atoms with Crippen molar-refractivity contribution < 1.29 is 4.79 Å². The van der Waals surface area contributed by atoms with Crippen molar-refractivity contribution >= 4 is 17.9 Å². The molecule has 7 heteroatoms. The zero-order chi connectivity index (χ0) is 19.4. The van der Waals surface area contributed by atoms with E-state index in [4.69, 9.17) is 0 Å². The number of carbonyl (C=O) groups is 1. The summed E-state index contributed by atoms with van der Waals surface area (Å²) in [5, 5.41) is 11.2. The maximum atomic E-state index is 11.9. The minimum absolute atomic E-state index is 0.261. The van der Waals surface area contributed by atoms with Gasteiger partial charge in [-0.2, -0.15) is 10.2 Å². The molecule has 0 aliphatic heterocycles. The number of carbonyl (C=O) groups excluding carboxylic acids is 1. The van der Waals surface area contributed by atoms with Crippen LogP contribution in [0.15, 0.2) is 53.8 Å². The summed E-state index contributed by atoms with van der Waals surface area (Å²) in [5.74, 6) is 1.01. The Kier molecular flexibility index (Phi) is 5.40. The first kappa shape index (κ1) is 18.4. The molecule has 0 bridgehead atoms. The maximum absolute atomic E-state index is 11.9. The van der Waals surface area contributed by atoms with Crippen LogP contribution >= 0.6 is 0 Å². The number of aromatic nitrogens is 3. The van der Waals surface area contributed by atoms with Gasteiger partial charge in [0.1, 0.15) is 5.82 Å². The lowest BCUT2D eigenvalue weighted by molar-refractivity contribution is 0.252. The van der Waals surface area contributed by atoms with Gasteiger partial charge in [0.05, 0.1) is 12.4 Å². The van der Waals surface area contributed by atoms with Gasteiger partial charge in [0.2, 0.25) is 0 Å². The van der Waals surface area contributed by atoms with Crippen molar-refractivity contribution in [2.75, 3.05) is 5.32 Å². The third-order valence-electron chi connectivity index (χ3n) is 4.24. The Hall–Kier alpha value is -3.35. The van der Waals surface area contributed by atoms with Crippen LogP contribution < -0.4 is 10.7 Å². The molecule has 0 atom stereocenters. The van der Waals surface area contributed by atoms with Crippen LogP contribution in [-0.4, -0.2) is 26.6 Å². The van der Waals surface area contributed by atoms with E-state index in [9.17, 15) is 4.79 Å². The monoisotopic (exact) mass is 364 g/mol. The van der Waals surface area contributed by atoms with Gasteiger partial charge in [0.25, 0.3) is 0 Å². The predicted molar refractivity (Wildman–Crippen MR) is 108 cm³/mol. The summed E-state index contributed by atoms with van der Waals surface area (Å²) in [5.41, 5.74) is 6.25. The van der Waals surface area contributed by atoms with Gasteiger partial charge in [0.15, 0.2) is 0 Å². The second-order valence-corrected chi connectivity index (χ2v) is 6.58. The number of hydrazone groups is 1. The summed E-state index contributed by atoms with van der Waals surface area (Å²) in [7, 11) is 0. The van der Waals surface area contributed by atoms with Crippen LogP contribution in [0.25, 0.3) is 5.82 Å². The van der Waals surface area contributed by atoms with E-state index in [0.29, 0.717) is 5.69 Å². The molecule has 0 saturated heterocycles. The second kappa shape index (κ2) is 7.90. The number of aryl methyl sites for hydroxylation is 1. The average Bonchev–Trinajstić information content (AvgIpc) is 3.20. The summed E-state index contributed by atoms with van der Waals surface area (Å²) in [6.45, 7) is 8.26. The van der Waals surface area contributed by atoms with Crippen LogP contribution in [0.2, 0.25) is 0 Å². The number of nitrogens with zero attached hydrogens (tertiary/aromatic N) is 4. The van der Waals surface area contributed by atoms with Crippen molar-refractivity contribution in [1.29, 1.82) is 0 Å². The Bertz CT molecular complexity index is 952. The molecule has 0 saturated carbocycles. The minimum Gasteiger partial charge on any atom is -0.307 e. The number of hydrogen-bond donors (Lipinski definition) is 2. The molecule has 0 aliphatic carbocycles. The Labute approximate surface area is 158 Å².